The van der Waals surface area contributed by atoms with Gasteiger partial charge in [-0.1, -0.05) is 20.8 Å². The lowest BCUT2D eigenvalue weighted by Crippen LogP contribution is -2.54. The van der Waals surface area contributed by atoms with Crippen LogP contribution in [0.2, 0.25) is 0 Å². The highest BCUT2D eigenvalue weighted by atomic mass is 35.5. The number of nitrogens with one attached hydrogen (secondary N) is 1. The smallest absolute Gasteiger partial charge is 0.242 e. The average molecular weight is 263 g/mol. The first-order chi connectivity index (χ1) is 7.70. The molecule has 4 heteroatoms. The minimum absolute atomic E-state index is 0. The van der Waals surface area contributed by atoms with Crippen molar-refractivity contribution in [3.63, 3.8) is 0 Å². The maximum Gasteiger partial charge on any atom is 0.242 e. The van der Waals surface area contributed by atoms with E-state index in [2.05, 4.69) is 26.1 Å². The summed E-state index contributed by atoms with van der Waals surface area (Å²) in [7, 11) is 0. The van der Waals surface area contributed by atoms with E-state index in [1.165, 1.54) is 0 Å². The van der Waals surface area contributed by atoms with Crippen molar-refractivity contribution in [2.45, 2.75) is 58.4 Å². The molecule has 1 atom stereocenters. The molecule has 0 aliphatic carbocycles. The average Bonchev–Trinajstić information content (AvgIpc) is 2.77. The first-order valence-electron chi connectivity index (χ1n) is 6.74. The van der Waals surface area contributed by atoms with Gasteiger partial charge in [0, 0.05) is 13.1 Å². The molecule has 1 unspecified atom stereocenters. The Morgan fingerprint density at radius 3 is 2.18 bits per heavy atom. The predicted octanol–water partition coefficient (Wildman–Crippen LogP) is 2.59. The van der Waals surface area contributed by atoms with Gasteiger partial charge in [0.05, 0.1) is 5.54 Å². The zero-order valence-electron chi connectivity index (χ0n) is 11.4. The summed E-state index contributed by atoms with van der Waals surface area (Å²) >= 11 is 0. The summed E-state index contributed by atoms with van der Waals surface area (Å²) in [6, 6.07) is 0. The van der Waals surface area contributed by atoms with Gasteiger partial charge in [-0.3, -0.25) is 4.79 Å². The lowest BCUT2D eigenvalue weighted by Gasteiger charge is -2.33. The summed E-state index contributed by atoms with van der Waals surface area (Å²) < 4.78 is 0. The Bertz CT molecular complexity index is 221. The van der Waals surface area contributed by atoms with Crippen molar-refractivity contribution in [3.05, 3.63) is 0 Å². The van der Waals surface area contributed by atoms with Gasteiger partial charge in [-0.2, -0.15) is 0 Å². The van der Waals surface area contributed by atoms with E-state index < -0.39 is 0 Å². The molecule has 1 aliphatic rings. The van der Waals surface area contributed by atoms with E-state index in [9.17, 15) is 4.79 Å². The molecule has 0 bridgehead atoms. The second kappa shape index (κ2) is 7.93. The van der Waals surface area contributed by atoms with Gasteiger partial charge < -0.3 is 10.2 Å². The minimum atomic E-state index is -0.246. The Labute approximate surface area is 112 Å². The zero-order chi connectivity index (χ0) is 12.0. The monoisotopic (exact) mass is 262 g/mol. The van der Waals surface area contributed by atoms with Crippen molar-refractivity contribution in [2.24, 2.45) is 0 Å². The van der Waals surface area contributed by atoms with Gasteiger partial charge in [-0.05, 0) is 38.6 Å². The summed E-state index contributed by atoms with van der Waals surface area (Å²) in [5, 5.41) is 3.43. The van der Waals surface area contributed by atoms with Crippen LogP contribution < -0.4 is 5.32 Å². The van der Waals surface area contributed by atoms with Gasteiger partial charge in [-0.15, -0.1) is 12.4 Å². The van der Waals surface area contributed by atoms with E-state index in [1.807, 2.05) is 4.90 Å². The lowest BCUT2D eigenvalue weighted by molar-refractivity contribution is -0.138. The molecule has 3 nitrogen and oxygen atoms in total. The third kappa shape index (κ3) is 3.85. The van der Waals surface area contributed by atoms with Crippen LogP contribution in [0.3, 0.4) is 0 Å². The molecular formula is C13H27ClN2O. The number of halogens is 1. The number of carbonyl (C=O) groups excluding carboxylic acids is 1. The van der Waals surface area contributed by atoms with Crippen molar-refractivity contribution in [1.29, 1.82) is 0 Å². The van der Waals surface area contributed by atoms with Crippen molar-refractivity contribution in [2.75, 3.05) is 19.6 Å². The highest BCUT2D eigenvalue weighted by Gasteiger charge is 2.41. The third-order valence-electron chi connectivity index (χ3n) is 3.53. The number of hydrogen-bond acceptors (Lipinski definition) is 2. The normalized spacial score (nSPS) is 23.2. The molecule has 0 radical (unpaired) electrons. The second-order valence-corrected chi connectivity index (χ2v) is 4.76. The van der Waals surface area contributed by atoms with Crippen molar-refractivity contribution < 1.29 is 4.79 Å². The van der Waals surface area contributed by atoms with Crippen molar-refractivity contribution in [1.82, 2.24) is 10.2 Å². The quantitative estimate of drug-likeness (QED) is 0.798. The molecule has 1 fully saturated rings. The Balaban J connectivity index is 0.00000256. The molecule has 1 heterocycles. The number of hydrogen-bond donors (Lipinski definition) is 1. The molecule has 0 aromatic heterocycles. The fourth-order valence-corrected chi connectivity index (χ4v) is 2.60. The summed E-state index contributed by atoms with van der Waals surface area (Å²) in [4.78, 5) is 14.6. The fourth-order valence-electron chi connectivity index (χ4n) is 2.60. The van der Waals surface area contributed by atoms with Gasteiger partial charge in [0.1, 0.15) is 0 Å². The van der Waals surface area contributed by atoms with Gasteiger partial charge in [0.2, 0.25) is 5.91 Å². The Kier molecular flexibility index (Phi) is 7.80. The van der Waals surface area contributed by atoms with Crippen LogP contribution in [0.4, 0.5) is 0 Å². The second-order valence-electron chi connectivity index (χ2n) is 4.76. The van der Waals surface area contributed by atoms with Gasteiger partial charge in [0.15, 0.2) is 0 Å². The van der Waals surface area contributed by atoms with Crippen LogP contribution in [0.5, 0.6) is 0 Å². The largest absolute Gasteiger partial charge is 0.341 e. The maximum atomic E-state index is 12.5. The molecule has 0 saturated carbocycles. The molecule has 0 aromatic carbocycles. The van der Waals surface area contributed by atoms with Gasteiger partial charge in [-0.25, -0.2) is 0 Å². The lowest BCUT2D eigenvalue weighted by atomic mass is 9.92. The number of carbonyl (C=O) groups is 1. The maximum absolute atomic E-state index is 12.5. The Hall–Kier alpha value is -0.280. The van der Waals surface area contributed by atoms with Crippen LogP contribution in [0.25, 0.3) is 0 Å². The van der Waals surface area contributed by atoms with Gasteiger partial charge >= 0.3 is 0 Å². The van der Waals surface area contributed by atoms with Crippen LogP contribution in [-0.2, 0) is 4.79 Å². The van der Waals surface area contributed by atoms with E-state index >= 15 is 0 Å². The van der Waals surface area contributed by atoms with E-state index in [-0.39, 0.29) is 17.9 Å². The van der Waals surface area contributed by atoms with E-state index in [1.54, 1.807) is 0 Å². The number of amides is 1. The standard InChI is InChI=1S/C13H26N2O.ClH/c1-4-10-15(11-5-2)12(16)13(6-3)8-7-9-14-13;/h14H,4-11H2,1-3H3;1H. The molecule has 0 spiro atoms. The Morgan fingerprint density at radius 1 is 1.24 bits per heavy atom. The van der Waals surface area contributed by atoms with Crippen LogP contribution in [-0.4, -0.2) is 36.0 Å². The number of rotatable bonds is 6. The molecule has 17 heavy (non-hydrogen) atoms. The van der Waals surface area contributed by atoms with Crippen LogP contribution >= 0.6 is 12.4 Å². The fraction of sp³-hybridized carbons (Fsp3) is 0.923. The first-order valence-corrected chi connectivity index (χ1v) is 6.74. The van der Waals surface area contributed by atoms with E-state index in [0.29, 0.717) is 5.91 Å². The SMILES string of the molecule is CCCN(CCC)C(=O)C1(CC)CCCN1.Cl. The first kappa shape index (κ1) is 16.7. The molecule has 1 aliphatic heterocycles. The van der Waals surface area contributed by atoms with E-state index in [0.717, 1.165) is 51.7 Å². The van der Waals surface area contributed by atoms with Crippen LogP contribution in [0.15, 0.2) is 0 Å². The molecule has 1 rings (SSSR count). The summed E-state index contributed by atoms with van der Waals surface area (Å²) in [6.45, 7) is 9.18. The highest BCUT2D eigenvalue weighted by Crippen LogP contribution is 2.25. The minimum Gasteiger partial charge on any atom is -0.341 e. The molecule has 1 amide bonds. The molecular weight excluding hydrogens is 236 g/mol. The highest BCUT2D eigenvalue weighted by molar-refractivity contribution is 5.86. The zero-order valence-corrected chi connectivity index (χ0v) is 12.2. The van der Waals surface area contributed by atoms with Crippen LogP contribution in [0, 0.1) is 0 Å². The Morgan fingerprint density at radius 2 is 1.82 bits per heavy atom. The molecule has 0 aromatic rings. The number of nitrogens with zero attached hydrogens (tertiary/aromatic N) is 1. The third-order valence-corrected chi connectivity index (χ3v) is 3.53. The topological polar surface area (TPSA) is 32.3 Å². The predicted molar refractivity (Wildman–Crippen MR) is 74.7 cm³/mol. The van der Waals surface area contributed by atoms with Crippen molar-refractivity contribution in [3.8, 4) is 0 Å². The molecule has 102 valence electrons. The summed E-state index contributed by atoms with van der Waals surface area (Å²) in [5.41, 5.74) is -0.246. The van der Waals surface area contributed by atoms with Crippen molar-refractivity contribution >= 4 is 18.3 Å². The summed E-state index contributed by atoms with van der Waals surface area (Å²) in [5.74, 6) is 0.330. The van der Waals surface area contributed by atoms with Gasteiger partial charge in [0.25, 0.3) is 0 Å². The van der Waals surface area contributed by atoms with Crippen LogP contribution in [0.1, 0.15) is 52.9 Å². The molecule has 1 N–H and O–H groups in total. The molecule has 1 saturated heterocycles. The van der Waals surface area contributed by atoms with E-state index in [4.69, 9.17) is 0 Å². The summed E-state index contributed by atoms with van der Waals surface area (Å²) in [6.07, 6.45) is 5.14.